The van der Waals surface area contributed by atoms with Crippen molar-refractivity contribution in [3.05, 3.63) is 65.7 Å². The minimum absolute atomic E-state index is 0.314. The van der Waals surface area contributed by atoms with E-state index in [2.05, 4.69) is 19.1 Å². The van der Waals surface area contributed by atoms with E-state index in [9.17, 15) is 4.79 Å². The van der Waals surface area contributed by atoms with Crippen LogP contribution in [0, 0.1) is 0 Å². The highest BCUT2D eigenvalue weighted by Crippen LogP contribution is 2.32. The summed E-state index contributed by atoms with van der Waals surface area (Å²) in [6, 6.07) is 17.7. The molecule has 0 radical (unpaired) electrons. The summed E-state index contributed by atoms with van der Waals surface area (Å²) in [6.07, 6.45) is 2.96. The van der Waals surface area contributed by atoms with Crippen LogP contribution < -0.4 is 4.74 Å². The molecule has 3 heteroatoms. The van der Waals surface area contributed by atoms with Gasteiger partial charge in [0, 0.05) is 18.1 Å². The number of carbonyl (C=O) groups is 1. The summed E-state index contributed by atoms with van der Waals surface area (Å²) >= 11 is 0. The van der Waals surface area contributed by atoms with Crippen LogP contribution in [-0.2, 0) is 9.53 Å². The molecule has 0 aromatic heterocycles. The summed E-state index contributed by atoms with van der Waals surface area (Å²) in [6.45, 7) is 3.59. The normalized spacial score (nSPS) is 11.6. The molecule has 0 heterocycles. The second-order valence-corrected chi connectivity index (χ2v) is 5.60. The van der Waals surface area contributed by atoms with Gasteiger partial charge in [-0.25, -0.2) is 0 Å². The van der Waals surface area contributed by atoms with Gasteiger partial charge in [0.25, 0.3) is 0 Å². The Hall–Kier alpha value is -2.55. The van der Waals surface area contributed by atoms with Gasteiger partial charge in [-0.3, -0.25) is 4.79 Å². The predicted molar refractivity (Wildman–Crippen MR) is 97.5 cm³/mol. The van der Waals surface area contributed by atoms with Crippen molar-refractivity contribution in [1.29, 1.82) is 0 Å². The summed E-state index contributed by atoms with van der Waals surface area (Å²) < 4.78 is 10.8. The van der Waals surface area contributed by atoms with Crippen LogP contribution in [0.4, 0.5) is 0 Å². The Balaban J connectivity index is 2.56. The van der Waals surface area contributed by atoms with Crippen LogP contribution in [-0.4, -0.2) is 13.1 Å². The van der Waals surface area contributed by atoms with Crippen LogP contribution in [0.2, 0.25) is 0 Å². The van der Waals surface area contributed by atoms with Gasteiger partial charge < -0.3 is 9.47 Å². The first-order chi connectivity index (χ1) is 11.7. The summed E-state index contributed by atoms with van der Waals surface area (Å²) in [5.74, 6) is 1.09. The lowest BCUT2D eigenvalue weighted by Crippen LogP contribution is -2.02. The molecule has 2 aromatic carbocycles. The van der Waals surface area contributed by atoms with Crippen molar-refractivity contribution >= 4 is 17.3 Å². The number of methoxy groups -OCH3 is 1. The summed E-state index contributed by atoms with van der Waals surface area (Å²) in [5, 5.41) is 0. The maximum absolute atomic E-state index is 11.7. The molecule has 0 fully saturated rings. The van der Waals surface area contributed by atoms with Crippen LogP contribution in [0.5, 0.6) is 5.75 Å². The second-order valence-electron chi connectivity index (χ2n) is 5.60. The molecule has 0 spiro atoms. The number of ether oxygens (including phenoxy) is 2. The number of allylic oxidation sites excluding steroid dienone is 1. The van der Waals surface area contributed by atoms with Gasteiger partial charge in [0.2, 0.25) is 0 Å². The number of hydrogen-bond acceptors (Lipinski definition) is 3. The van der Waals surface area contributed by atoms with E-state index in [4.69, 9.17) is 9.47 Å². The lowest BCUT2D eigenvalue weighted by molar-refractivity contribution is -0.134. The predicted octanol–water partition coefficient (Wildman–Crippen LogP) is 5.32. The fourth-order valence-electron chi connectivity index (χ4n) is 2.56. The fraction of sp³-hybridized carbons (Fsp3) is 0.286. The smallest absolute Gasteiger partial charge is 0.308 e. The Bertz CT molecular complexity index is 685. The van der Waals surface area contributed by atoms with Crippen LogP contribution in [0.25, 0.3) is 11.3 Å². The summed E-state index contributed by atoms with van der Waals surface area (Å²) in [7, 11) is 1.63. The van der Waals surface area contributed by atoms with Crippen molar-refractivity contribution < 1.29 is 14.3 Å². The third-order valence-corrected chi connectivity index (χ3v) is 3.77. The van der Waals surface area contributed by atoms with E-state index in [0.29, 0.717) is 5.76 Å². The minimum Gasteiger partial charge on any atom is -0.497 e. The van der Waals surface area contributed by atoms with Gasteiger partial charge in [-0.2, -0.15) is 0 Å². The molecule has 0 unspecified atom stereocenters. The molecule has 0 bridgehead atoms. The van der Waals surface area contributed by atoms with Gasteiger partial charge in [-0.15, -0.1) is 0 Å². The SMILES string of the molecule is CCCC/C(=C(\OC(C)=O)c1ccc(OC)cc1)c1ccccc1. The zero-order chi connectivity index (χ0) is 17.4. The molecule has 0 amide bonds. The Morgan fingerprint density at radius 3 is 2.17 bits per heavy atom. The van der Waals surface area contributed by atoms with E-state index in [1.165, 1.54) is 6.92 Å². The fourth-order valence-corrected chi connectivity index (χ4v) is 2.56. The molecular formula is C21H24O3. The van der Waals surface area contributed by atoms with Crippen LogP contribution in [0.15, 0.2) is 54.6 Å². The van der Waals surface area contributed by atoms with Gasteiger partial charge in [0.1, 0.15) is 11.5 Å². The number of esters is 1. The zero-order valence-electron chi connectivity index (χ0n) is 14.5. The Kier molecular flexibility index (Phi) is 6.62. The van der Waals surface area contributed by atoms with Crippen LogP contribution in [0.3, 0.4) is 0 Å². The molecule has 0 saturated carbocycles. The molecule has 0 N–H and O–H groups in total. The maximum Gasteiger partial charge on any atom is 0.308 e. The van der Waals surface area contributed by atoms with Crippen molar-refractivity contribution in [2.75, 3.05) is 7.11 Å². The molecule has 0 aliphatic heterocycles. The van der Waals surface area contributed by atoms with Crippen molar-refractivity contribution in [2.24, 2.45) is 0 Å². The van der Waals surface area contributed by atoms with Crippen molar-refractivity contribution in [3.8, 4) is 5.75 Å². The van der Waals surface area contributed by atoms with E-state index in [0.717, 1.165) is 41.7 Å². The Morgan fingerprint density at radius 1 is 0.958 bits per heavy atom. The van der Waals surface area contributed by atoms with Crippen LogP contribution in [0.1, 0.15) is 44.2 Å². The monoisotopic (exact) mass is 324 g/mol. The Labute approximate surface area is 143 Å². The van der Waals surface area contributed by atoms with Gasteiger partial charge in [-0.05, 0) is 42.7 Å². The third-order valence-electron chi connectivity index (χ3n) is 3.77. The number of carbonyl (C=O) groups excluding carboxylic acids is 1. The minimum atomic E-state index is -0.314. The van der Waals surface area contributed by atoms with E-state index in [-0.39, 0.29) is 5.97 Å². The van der Waals surface area contributed by atoms with Gasteiger partial charge in [0.15, 0.2) is 0 Å². The molecule has 0 aliphatic carbocycles. The number of rotatable bonds is 7. The molecule has 2 aromatic rings. The first kappa shape index (κ1) is 17.8. The molecular weight excluding hydrogens is 300 g/mol. The Morgan fingerprint density at radius 2 is 1.62 bits per heavy atom. The van der Waals surface area contributed by atoms with E-state index in [1.54, 1.807) is 7.11 Å². The lowest BCUT2D eigenvalue weighted by atomic mass is 9.96. The maximum atomic E-state index is 11.7. The first-order valence-corrected chi connectivity index (χ1v) is 8.27. The highest BCUT2D eigenvalue weighted by atomic mass is 16.5. The van der Waals surface area contributed by atoms with Gasteiger partial charge >= 0.3 is 5.97 Å². The van der Waals surface area contributed by atoms with Crippen molar-refractivity contribution in [3.63, 3.8) is 0 Å². The second kappa shape index (κ2) is 8.92. The van der Waals surface area contributed by atoms with Crippen LogP contribution >= 0.6 is 0 Å². The molecule has 126 valence electrons. The zero-order valence-corrected chi connectivity index (χ0v) is 14.5. The largest absolute Gasteiger partial charge is 0.497 e. The number of hydrogen-bond donors (Lipinski definition) is 0. The van der Waals surface area contributed by atoms with Gasteiger partial charge in [-0.1, -0.05) is 43.7 Å². The molecule has 0 aliphatic rings. The standard InChI is InChI=1S/C21H24O3/c1-4-5-11-20(17-9-7-6-8-10-17)21(24-16(2)22)18-12-14-19(23-3)15-13-18/h6-10,12-15H,4-5,11H2,1-3H3/b21-20+. The number of unbranched alkanes of at least 4 members (excludes halogenated alkanes) is 1. The van der Waals surface area contributed by atoms with E-state index in [1.807, 2.05) is 42.5 Å². The average Bonchev–Trinajstić information content (AvgIpc) is 2.62. The number of benzene rings is 2. The third kappa shape index (κ3) is 4.72. The average molecular weight is 324 g/mol. The summed E-state index contributed by atoms with van der Waals surface area (Å²) in [5.41, 5.74) is 3.01. The quantitative estimate of drug-likeness (QED) is 0.393. The van der Waals surface area contributed by atoms with Crippen molar-refractivity contribution in [2.45, 2.75) is 33.1 Å². The lowest BCUT2D eigenvalue weighted by Gasteiger charge is -2.16. The first-order valence-electron chi connectivity index (χ1n) is 8.27. The van der Waals surface area contributed by atoms with E-state index < -0.39 is 0 Å². The molecule has 2 rings (SSSR count). The topological polar surface area (TPSA) is 35.5 Å². The molecule has 0 saturated heterocycles. The molecule has 3 nitrogen and oxygen atoms in total. The molecule has 0 atom stereocenters. The van der Waals surface area contributed by atoms with Gasteiger partial charge in [0.05, 0.1) is 7.11 Å². The van der Waals surface area contributed by atoms with E-state index >= 15 is 0 Å². The highest BCUT2D eigenvalue weighted by molar-refractivity contribution is 5.91. The summed E-state index contributed by atoms with van der Waals surface area (Å²) in [4.78, 5) is 11.7. The van der Waals surface area contributed by atoms with Crippen molar-refractivity contribution in [1.82, 2.24) is 0 Å². The highest BCUT2D eigenvalue weighted by Gasteiger charge is 2.15. The molecule has 24 heavy (non-hydrogen) atoms.